The predicted octanol–water partition coefficient (Wildman–Crippen LogP) is 0.666. The van der Waals surface area contributed by atoms with Crippen molar-refractivity contribution in [1.29, 1.82) is 0 Å². The van der Waals surface area contributed by atoms with Crippen LogP contribution in [-0.4, -0.2) is 22.6 Å². The summed E-state index contributed by atoms with van der Waals surface area (Å²) >= 11 is 3.10. The van der Waals surface area contributed by atoms with Gasteiger partial charge >= 0.3 is 5.97 Å². The molecule has 0 saturated heterocycles. The Bertz CT molecular complexity index is 469. The summed E-state index contributed by atoms with van der Waals surface area (Å²) in [7, 11) is 1.32. The third-order valence-corrected chi connectivity index (χ3v) is 3.00. The average molecular weight is 273 g/mol. The van der Waals surface area contributed by atoms with Gasteiger partial charge in [0.05, 0.1) is 7.11 Å². The lowest BCUT2D eigenvalue weighted by molar-refractivity contribution is -0.144. The van der Waals surface area contributed by atoms with Crippen molar-refractivity contribution in [2.45, 2.75) is 18.9 Å². The number of carbonyl (C=O) groups excluding carboxylic acids is 1. The molecule has 1 aliphatic heterocycles. The zero-order valence-electron chi connectivity index (χ0n) is 8.07. The number of aryl methyl sites for hydroxylation is 1. The van der Waals surface area contributed by atoms with Crippen LogP contribution < -0.4 is 5.56 Å². The van der Waals surface area contributed by atoms with Gasteiger partial charge in [-0.25, -0.2) is 9.78 Å². The van der Waals surface area contributed by atoms with Crippen LogP contribution in [0.25, 0.3) is 0 Å². The Balaban J connectivity index is 2.54. The highest BCUT2D eigenvalue weighted by atomic mass is 79.9. The first kappa shape index (κ1) is 10.4. The number of halogens is 1. The van der Waals surface area contributed by atoms with Crippen molar-refractivity contribution in [3.63, 3.8) is 0 Å². The molecule has 2 rings (SSSR count). The van der Waals surface area contributed by atoms with Crippen LogP contribution in [0.1, 0.15) is 18.3 Å². The van der Waals surface area contributed by atoms with Crippen molar-refractivity contribution < 1.29 is 9.53 Å². The smallest absolute Gasteiger partial charge is 0.329 e. The fourth-order valence-electron chi connectivity index (χ4n) is 1.74. The number of hydrogen-bond donors (Lipinski definition) is 0. The summed E-state index contributed by atoms with van der Waals surface area (Å²) in [6.07, 6.45) is 2.67. The first-order valence-corrected chi connectivity index (χ1v) is 5.28. The van der Waals surface area contributed by atoms with Gasteiger partial charge in [-0.15, -0.1) is 0 Å². The molecule has 6 heteroatoms. The molecule has 15 heavy (non-hydrogen) atoms. The SMILES string of the molecule is COC(=O)[C@@H]1CCc2ncc(Br)c(=O)n21. The molecule has 0 bridgehead atoms. The van der Waals surface area contributed by atoms with Gasteiger partial charge in [0.2, 0.25) is 0 Å². The van der Waals surface area contributed by atoms with Crippen LogP contribution in [-0.2, 0) is 16.0 Å². The van der Waals surface area contributed by atoms with E-state index in [1.165, 1.54) is 17.9 Å². The van der Waals surface area contributed by atoms with Crippen molar-refractivity contribution >= 4 is 21.9 Å². The number of methoxy groups -OCH3 is 1. The molecular formula is C9H9BrN2O3. The van der Waals surface area contributed by atoms with Gasteiger partial charge in [-0.2, -0.15) is 0 Å². The Labute approximate surface area is 94.2 Å². The molecule has 1 aliphatic rings. The fraction of sp³-hybridized carbons (Fsp3) is 0.444. The predicted molar refractivity (Wildman–Crippen MR) is 55.6 cm³/mol. The van der Waals surface area contributed by atoms with Gasteiger partial charge in [0.15, 0.2) is 0 Å². The zero-order valence-corrected chi connectivity index (χ0v) is 9.65. The molecule has 0 amide bonds. The lowest BCUT2D eigenvalue weighted by atomic mass is 10.2. The first-order chi connectivity index (χ1) is 7.15. The summed E-state index contributed by atoms with van der Waals surface area (Å²) in [6.45, 7) is 0. The van der Waals surface area contributed by atoms with Gasteiger partial charge < -0.3 is 4.74 Å². The highest BCUT2D eigenvalue weighted by Crippen LogP contribution is 2.23. The van der Waals surface area contributed by atoms with Gasteiger partial charge in [0, 0.05) is 12.6 Å². The molecule has 5 nitrogen and oxygen atoms in total. The maximum atomic E-state index is 11.8. The zero-order chi connectivity index (χ0) is 11.0. The van der Waals surface area contributed by atoms with Gasteiger partial charge in [-0.1, -0.05) is 0 Å². The van der Waals surface area contributed by atoms with E-state index in [0.29, 0.717) is 23.1 Å². The Morgan fingerprint density at radius 3 is 3.13 bits per heavy atom. The average Bonchev–Trinajstić information content (AvgIpc) is 2.67. The summed E-state index contributed by atoms with van der Waals surface area (Å²) in [5.74, 6) is 0.245. The van der Waals surface area contributed by atoms with Crippen LogP contribution in [0, 0.1) is 0 Å². The van der Waals surface area contributed by atoms with Crippen LogP contribution in [0.15, 0.2) is 15.5 Å². The number of rotatable bonds is 1. The minimum absolute atomic E-state index is 0.229. The molecule has 1 atom stereocenters. The van der Waals surface area contributed by atoms with E-state index in [0.717, 1.165) is 0 Å². The van der Waals surface area contributed by atoms with Crippen LogP contribution in [0.2, 0.25) is 0 Å². The van der Waals surface area contributed by atoms with Crippen molar-refractivity contribution in [3.05, 3.63) is 26.8 Å². The summed E-state index contributed by atoms with van der Waals surface area (Å²) in [4.78, 5) is 27.3. The lowest BCUT2D eigenvalue weighted by Gasteiger charge is -2.11. The topological polar surface area (TPSA) is 61.2 Å². The summed E-state index contributed by atoms with van der Waals surface area (Å²) in [5.41, 5.74) is -0.229. The van der Waals surface area contributed by atoms with Crippen LogP contribution in [0.5, 0.6) is 0 Å². The van der Waals surface area contributed by atoms with Crippen molar-refractivity contribution in [1.82, 2.24) is 9.55 Å². The number of ether oxygens (including phenoxy) is 1. The largest absolute Gasteiger partial charge is 0.467 e. The van der Waals surface area contributed by atoms with Crippen molar-refractivity contribution in [2.75, 3.05) is 7.11 Å². The number of hydrogen-bond acceptors (Lipinski definition) is 4. The highest BCUT2D eigenvalue weighted by molar-refractivity contribution is 9.10. The second-order valence-corrected chi connectivity index (χ2v) is 4.13. The van der Waals surface area contributed by atoms with Gasteiger partial charge in [-0.05, 0) is 22.4 Å². The molecule has 2 heterocycles. The Kier molecular flexibility index (Phi) is 2.60. The molecule has 0 fully saturated rings. The van der Waals surface area contributed by atoms with E-state index in [2.05, 4.69) is 25.7 Å². The first-order valence-electron chi connectivity index (χ1n) is 4.49. The minimum Gasteiger partial charge on any atom is -0.467 e. The normalized spacial score (nSPS) is 18.7. The molecule has 0 N–H and O–H groups in total. The lowest BCUT2D eigenvalue weighted by Crippen LogP contribution is -2.29. The van der Waals surface area contributed by atoms with E-state index in [4.69, 9.17) is 0 Å². The van der Waals surface area contributed by atoms with Gasteiger partial charge in [-0.3, -0.25) is 9.36 Å². The summed E-state index contributed by atoms with van der Waals surface area (Å²) in [5, 5.41) is 0. The summed E-state index contributed by atoms with van der Waals surface area (Å²) in [6, 6.07) is -0.525. The van der Waals surface area contributed by atoms with E-state index in [1.54, 1.807) is 0 Å². The van der Waals surface area contributed by atoms with Gasteiger partial charge in [0.25, 0.3) is 5.56 Å². The molecule has 1 aromatic rings. The molecular weight excluding hydrogens is 264 g/mol. The summed E-state index contributed by atoms with van der Waals surface area (Å²) < 4.78 is 6.41. The number of esters is 1. The second-order valence-electron chi connectivity index (χ2n) is 3.28. The molecule has 0 radical (unpaired) electrons. The molecule has 0 spiro atoms. The minimum atomic E-state index is -0.525. The number of fused-ring (bicyclic) bond motifs is 1. The van der Waals surface area contributed by atoms with E-state index >= 15 is 0 Å². The third kappa shape index (κ3) is 1.58. The quantitative estimate of drug-likeness (QED) is 0.705. The maximum absolute atomic E-state index is 11.8. The molecule has 1 aromatic heterocycles. The maximum Gasteiger partial charge on any atom is 0.329 e. The van der Waals surface area contributed by atoms with Crippen molar-refractivity contribution in [3.8, 4) is 0 Å². The Morgan fingerprint density at radius 1 is 1.73 bits per heavy atom. The van der Waals surface area contributed by atoms with Crippen LogP contribution in [0.3, 0.4) is 0 Å². The molecule has 80 valence electrons. The number of aromatic nitrogens is 2. The number of nitrogens with zero attached hydrogens (tertiary/aromatic N) is 2. The van der Waals surface area contributed by atoms with E-state index < -0.39 is 12.0 Å². The fourth-order valence-corrected chi connectivity index (χ4v) is 2.03. The molecule has 0 unspecified atom stereocenters. The Hall–Kier alpha value is -1.17. The van der Waals surface area contributed by atoms with Gasteiger partial charge in [0.1, 0.15) is 16.3 Å². The van der Waals surface area contributed by atoms with Crippen LogP contribution >= 0.6 is 15.9 Å². The number of carbonyl (C=O) groups is 1. The molecule has 0 saturated carbocycles. The highest BCUT2D eigenvalue weighted by Gasteiger charge is 2.31. The Morgan fingerprint density at radius 2 is 2.47 bits per heavy atom. The van der Waals surface area contributed by atoms with E-state index in [-0.39, 0.29) is 5.56 Å². The van der Waals surface area contributed by atoms with Crippen LogP contribution in [0.4, 0.5) is 0 Å². The van der Waals surface area contributed by atoms with Crippen molar-refractivity contribution in [2.24, 2.45) is 0 Å². The molecule has 0 aromatic carbocycles. The third-order valence-electron chi connectivity index (χ3n) is 2.45. The second kappa shape index (κ2) is 3.77. The van der Waals surface area contributed by atoms with E-state index in [1.807, 2.05) is 0 Å². The molecule has 0 aliphatic carbocycles. The monoisotopic (exact) mass is 272 g/mol. The standard InChI is InChI=1S/C9H9BrN2O3/c1-15-9(14)6-2-3-7-11-4-5(10)8(13)12(6)7/h4,6H,2-3H2,1H3/t6-/m0/s1. The van der Waals surface area contributed by atoms with E-state index in [9.17, 15) is 9.59 Å².